The van der Waals surface area contributed by atoms with Gasteiger partial charge in [0.05, 0.1) is 28.6 Å². The molecular weight excluding hydrogens is 362 g/mol. The Morgan fingerprint density at radius 1 is 1.33 bits per heavy atom. The van der Waals surface area contributed by atoms with Gasteiger partial charge in [0.1, 0.15) is 9.71 Å². The Labute approximate surface area is 160 Å². The van der Waals surface area contributed by atoms with Gasteiger partial charge in [-0.2, -0.15) is 0 Å². The Bertz CT molecular complexity index is 1090. The van der Waals surface area contributed by atoms with E-state index >= 15 is 0 Å². The third-order valence-corrected chi connectivity index (χ3v) is 5.58. The van der Waals surface area contributed by atoms with Crippen LogP contribution in [0.3, 0.4) is 0 Å². The average Bonchev–Trinajstić information content (AvgIpc) is 2.96. The zero-order valence-corrected chi connectivity index (χ0v) is 16.1. The molecule has 0 unspecified atom stereocenters. The van der Waals surface area contributed by atoms with Crippen LogP contribution in [-0.4, -0.2) is 21.9 Å². The van der Waals surface area contributed by atoms with Crippen LogP contribution in [0.5, 0.6) is 0 Å². The molecule has 4 heterocycles. The molecule has 0 radical (unpaired) electrons. The number of aromatic nitrogens is 2. The lowest BCUT2D eigenvalue weighted by Crippen LogP contribution is -2.35. The van der Waals surface area contributed by atoms with Crippen LogP contribution in [0.4, 0.5) is 21.9 Å². The molecule has 4 rings (SSSR count). The van der Waals surface area contributed by atoms with Gasteiger partial charge in [0.2, 0.25) is 0 Å². The summed E-state index contributed by atoms with van der Waals surface area (Å²) in [6, 6.07) is 3.43. The van der Waals surface area contributed by atoms with E-state index < -0.39 is 5.91 Å². The van der Waals surface area contributed by atoms with Crippen LogP contribution in [0, 0.1) is 12.8 Å². The summed E-state index contributed by atoms with van der Waals surface area (Å²) in [6.07, 6.45) is 4.24. The number of nitrogens with zero attached hydrogens (tertiary/aromatic N) is 3. The molecule has 3 amide bonds. The number of hydrogen-bond donors (Lipinski definition) is 2. The Balaban J connectivity index is 1.88. The zero-order valence-electron chi connectivity index (χ0n) is 15.2. The van der Waals surface area contributed by atoms with E-state index in [0.29, 0.717) is 32.7 Å². The normalized spacial score (nSPS) is 13.3. The molecule has 0 saturated heterocycles. The number of pyridine rings is 2. The van der Waals surface area contributed by atoms with Gasteiger partial charge in [-0.25, -0.2) is 9.78 Å². The lowest BCUT2D eigenvalue weighted by atomic mass is 10.1. The molecule has 1 aliphatic rings. The molecule has 7 nitrogen and oxygen atoms in total. The minimum Gasteiger partial charge on any atom is -0.365 e. The number of aryl methyl sites for hydroxylation is 1. The SMILES string of the molecule is Cc1cc(CC(C)C)ncc1N1C(=O)Nc2c(C(N)=O)sc3nccc1c23. The molecule has 0 saturated carbocycles. The molecule has 8 heteroatoms. The van der Waals surface area contributed by atoms with Gasteiger partial charge in [-0.1, -0.05) is 13.8 Å². The Morgan fingerprint density at radius 3 is 2.78 bits per heavy atom. The number of nitrogens with one attached hydrogen (secondary N) is 1. The molecular formula is C19H19N5O2S. The van der Waals surface area contributed by atoms with Gasteiger partial charge in [-0.15, -0.1) is 11.3 Å². The third-order valence-electron chi connectivity index (χ3n) is 4.47. The number of hydrogen-bond acceptors (Lipinski definition) is 5. The molecule has 3 aromatic rings. The summed E-state index contributed by atoms with van der Waals surface area (Å²) >= 11 is 1.18. The number of primary amides is 1. The summed E-state index contributed by atoms with van der Waals surface area (Å²) in [5.74, 6) is -0.0787. The lowest BCUT2D eigenvalue weighted by molar-refractivity contribution is 0.100. The molecule has 0 fully saturated rings. The highest BCUT2D eigenvalue weighted by Gasteiger charge is 2.32. The van der Waals surface area contributed by atoms with E-state index in [-0.39, 0.29) is 6.03 Å². The van der Waals surface area contributed by atoms with Gasteiger partial charge in [0.25, 0.3) is 5.91 Å². The maximum absolute atomic E-state index is 12.9. The van der Waals surface area contributed by atoms with Crippen LogP contribution in [0.1, 0.15) is 34.8 Å². The lowest BCUT2D eigenvalue weighted by Gasteiger charge is -2.29. The fraction of sp³-hybridized carbons (Fsp3) is 0.263. The Morgan fingerprint density at radius 2 is 2.11 bits per heavy atom. The highest BCUT2D eigenvalue weighted by atomic mass is 32.1. The predicted octanol–water partition coefficient (Wildman–Crippen LogP) is 3.98. The van der Waals surface area contributed by atoms with Crippen molar-refractivity contribution in [2.75, 3.05) is 10.2 Å². The molecule has 3 N–H and O–H groups in total. The second-order valence-corrected chi connectivity index (χ2v) is 8.01. The fourth-order valence-corrected chi connectivity index (χ4v) is 4.34. The van der Waals surface area contributed by atoms with Crippen molar-refractivity contribution in [2.24, 2.45) is 11.7 Å². The first kappa shape index (κ1) is 17.4. The van der Waals surface area contributed by atoms with E-state index in [9.17, 15) is 9.59 Å². The van der Waals surface area contributed by atoms with Crippen LogP contribution in [-0.2, 0) is 6.42 Å². The minimum absolute atomic E-state index is 0.306. The average molecular weight is 381 g/mol. The highest BCUT2D eigenvalue weighted by Crippen LogP contribution is 2.45. The maximum atomic E-state index is 12.9. The van der Waals surface area contributed by atoms with Gasteiger partial charge < -0.3 is 11.1 Å². The molecule has 0 aromatic carbocycles. The van der Waals surface area contributed by atoms with Crippen molar-refractivity contribution in [3.8, 4) is 0 Å². The van der Waals surface area contributed by atoms with E-state index in [1.54, 1.807) is 23.4 Å². The number of thiophene rings is 1. The van der Waals surface area contributed by atoms with Crippen molar-refractivity contribution < 1.29 is 9.59 Å². The second kappa shape index (κ2) is 6.31. The molecule has 0 bridgehead atoms. The third kappa shape index (κ3) is 2.82. The van der Waals surface area contributed by atoms with Crippen molar-refractivity contribution in [2.45, 2.75) is 27.2 Å². The van der Waals surface area contributed by atoms with Gasteiger partial charge in [-0.3, -0.25) is 14.7 Å². The van der Waals surface area contributed by atoms with E-state index in [0.717, 1.165) is 23.1 Å². The molecule has 138 valence electrons. The van der Waals surface area contributed by atoms with Crippen LogP contribution in [0.2, 0.25) is 0 Å². The molecule has 1 aliphatic heterocycles. The Kier molecular flexibility index (Phi) is 4.07. The van der Waals surface area contributed by atoms with Crippen molar-refractivity contribution in [3.63, 3.8) is 0 Å². The summed E-state index contributed by atoms with van der Waals surface area (Å²) in [4.78, 5) is 36.1. The van der Waals surface area contributed by atoms with Crippen LogP contribution >= 0.6 is 11.3 Å². The predicted molar refractivity (Wildman–Crippen MR) is 107 cm³/mol. The van der Waals surface area contributed by atoms with Crippen LogP contribution < -0.4 is 16.0 Å². The fourth-order valence-electron chi connectivity index (χ4n) is 3.37. The highest BCUT2D eigenvalue weighted by molar-refractivity contribution is 7.21. The first-order valence-corrected chi connectivity index (χ1v) is 9.46. The van der Waals surface area contributed by atoms with E-state index in [1.807, 2.05) is 13.0 Å². The smallest absolute Gasteiger partial charge is 0.331 e. The summed E-state index contributed by atoms with van der Waals surface area (Å²) in [5.41, 5.74) is 9.23. The number of nitrogens with two attached hydrogens (primary N) is 1. The van der Waals surface area contributed by atoms with Gasteiger partial charge in [0, 0.05) is 11.9 Å². The first-order valence-electron chi connectivity index (χ1n) is 8.64. The quantitative estimate of drug-likeness (QED) is 0.713. The van der Waals surface area contributed by atoms with Crippen molar-refractivity contribution >= 4 is 50.6 Å². The summed E-state index contributed by atoms with van der Waals surface area (Å²) in [5, 5.41) is 3.53. The van der Waals surface area contributed by atoms with E-state index in [4.69, 9.17) is 5.73 Å². The number of amides is 3. The summed E-state index contributed by atoms with van der Waals surface area (Å²) in [7, 11) is 0. The molecule has 0 spiro atoms. The number of urea groups is 1. The molecule has 0 aliphatic carbocycles. The van der Waals surface area contributed by atoms with Crippen molar-refractivity contribution in [3.05, 3.63) is 40.7 Å². The van der Waals surface area contributed by atoms with Crippen LogP contribution in [0.15, 0.2) is 24.5 Å². The largest absolute Gasteiger partial charge is 0.365 e. The van der Waals surface area contributed by atoms with Gasteiger partial charge in [-0.05, 0) is 37.0 Å². The monoisotopic (exact) mass is 381 g/mol. The zero-order chi connectivity index (χ0) is 19.3. The first-order chi connectivity index (χ1) is 12.9. The minimum atomic E-state index is -0.580. The number of carbonyl (C=O) groups excluding carboxylic acids is 2. The summed E-state index contributed by atoms with van der Waals surface area (Å²) < 4.78 is 0. The molecule has 0 atom stereocenters. The Hall–Kier alpha value is -3.00. The number of anilines is 3. The second-order valence-electron chi connectivity index (χ2n) is 7.01. The van der Waals surface area contributed by atoms with Crippen LogP contribution in [0.25, 0.3) is 10.2 Å². The molecule has 27 heavy (non-hydrogen) atoms. The van der Waals surface area contributed by atoms with E-state index in [2.05, 4.69) is 29.1 Å². The van der Waals surface area contributed by atoms with Gasteiger partial charge in [0.15, 0.2) is 0 Å². The maximum Gasteiger partial charge on any atom is 0.331 e. The topological polar surface area (TPSA) is 101 Å². The summed E-state index contributed by atoms with van der Waals surface area (Å²) in [6.45, 7) is 6.25. The van der Waals surface area contributed by atoms with Crippen molar-refractivity contribution in [1.82, 2.24) is 9.97 Å². The number of carbonyl (C=O) groups is 2. The standard InChI is InChI=1S/C19H19N5O2S/c1-9(2)6-11-7-10(3)13(8-22-11)24-12-4-5-21-18-14(12)15(23-19(24)26)16(27-18)17(20)25/h4-5,7-9H,6H2,1-3H3,(H2,20,25)(H,23,26). The molecule has 3 aromatic heterocycles. The van der Waals surface area contributed by atoms with Crippen molar-refractivity contribution in [1.29, 1.82) is 0 Å². The van der Waals surface area contributed by atoms with E-state index in [1.165, 1.54) is 11.3 Å². The number of rotatable bonds is 4. The van der Waals surface area contributed by atoms with Gasteiger partial charge >= 0.3 is 6.03 Å².